The Morgan fingerprint density at radius 1 is 1.20 bits per heavy atom. The molecule has 2 bridgehead atoms. The standard InChI is InChI=1S/C16H22O4/c17-14(20-13-4-2-1-3-5-13)10-16(15(18)19)9-11-6-7-12(16)8-11/h6-7,11-13H,1-5,8-10H2,(H,18,19). The average Bonchev–Trinajstić information content (AvgIpc) is 3.00. The van der Waals surface area contributed by atoms with Crippen LogP contribution < -0.4 is 0 Å². The van der Waals surface area contributed by atoms with Gasteiger partial charge in [-0.15, -0.1) is 0 Å². The lowest BCUT2D eigenvalue weighted by molar-refractivity contribution is -0.163. The molecule has 0 spiro atoms. The zero-order valence-corrected chi connectivity index (χ0v) is 11.7. The van der Waals surface area contributed by atoms with Gasteiger partial charge in [-0.05, 0) is 50.4 Å². The van der Waals surface area contributed by atoms with Gasteiger partial charge in [-0.25, -0.2) is 0 Å². The molecule has 0 saturated heterocycles. The summed E-state index contributed by atoms with van der Waals surface area (Å²) in [5.41, 5.74) is -0.912. The van der Waals surface area contributed by atoms with Crippen molar-refractivity contribution in [3.05, 3.63) is 12.2 Å². The van der Waals surface area contributed by atoms with Crippen molar-refractivity contribution in [1.29, 1.82) is 0 Å². The third-order valence-corrected chi connectivity index (χ3v) is 5.24. The Morgan fingerprint density at radius 2 is 1.95 bits per heavy atom. The number of aliphatic carboxylic acids is 1. The van der Waals surface area contributed by atoms with Crippen LogP contribution in [0, 0.1) is 17.3 Å². The van der Waals surface area contributed by atoms with Crippen molar-refractivity contribution in [3.63, 3.8) is 0 Å². The summed E-state index contributed by atoms with van der Waals surface area (Å²) in [5.74, 6) is -0.822. The van der Waals surface area contributed by atoms with Gasteiger partial charge < -0.3 is 9.84 Å². The maximum absolute atomic E-state index is 12.1. The molecule has 0 aromatic carbocycles. The summed E-state index contributed by atoms with van der Waals surface area (Å²) in [5, 5.41) is 9.60. The van der Waals surface area contributed by atoms with Gasteiger partial charge in [0.25, 0.3) is 0 Å². The molecule has 0 radical (unpaired) electrons. The number of allylic oxidation sites excluding steroid dienone is 2. The van der Waals surface area contributed by atoms with Crippen LogP contribution in [0.4, 0.5) is 0 Å². The Bertz CT molecular complexity index is 436. The first-order valence-electron chi connectivity index (χ1n) is 7.71. The molecule has 0 heterocycles. The van der Waals surface area contributed by atoms with E-state index in [0.717, 1.165) is 32.1 Å². The highest BCUT2D eigenvalue weighted by Crippen LogP contribution is 2.54. The molecule has 4 heteroatoms. The molecule has 0 aromatic rings. The highest BCUT2D eigenvalue weighted by Gasteiger charge is 2.55. The number of fused-ring (bicyclic) bond motifs is 2. The van der Waals surface area contributed by atoms with E-state index in [1.807, 2.05) is 6.08 Å². The molecule has 2 fully saturated rings. The molecule has 0 aromatic heterocycles. The Balaban J connectivity index is 1.64. The van der Waals surface area contributed by atoms with Crippen LogP contribution in [0.15, 0.2) is 12.2 Å². The fourth-order valence-electron chi connectivity index (χ4n) is 4.15. The Hall–Kier alpha value is -1.32. The van der Waals surface area contributed by atoms with Crippen LogP contribution in [0.2, 0.25) is 0 Å². The van der Waals surface area contributed by atoms with E-state index in [1.165, 1.54) is 6.42 Å². The van der Waals surface area contributed by atoms with Crippen molar-refractivity contribution in [3.8, 4) is 0 Å². The summed E-state index contributed by atoms with van der Waals surface area (Å²) >= 11 is 0. The Morgan fingerprint density at radius 3 is 2.50 bits per heavy atom. The minimum absolute atomic E-state index is 0.00362. The van der Waals surface area contributed by atoms with Crippen molar-refractivity contribution in [2.45, 2.75) is 57.5 Å². The lowest BCUT2D eigenvalue weighted by Crippen LogP contribution is -2.38. The molecule has 0 amide bonds. The minimum Gasteiger partial charge on any atom is -0.481 e. The number of hydrogen-bond acceptors (Lipinski definition) is 3. The predicted molar refractivity (Wildman–Crippen MR) is 73.0 cm³/mol. The summed E-state index contributed by atoms with van der Waals surface area (Å²) in [6.07, 6.45) is 10.9. The molecular weight excluding hydrogens is 256 g/mol. The second kappa shape index (κ2) is 5.23. The molecule has 3 aliphatic rings. The van der Waals surface area contributed by atoms with Crippen LogP contribution in [0.5, 0.6) is 0 Å². The fourth-order valence-corrected chi connectivity index (χ4v) is 4.15. The van der Waals surface area contributed by atoms with Crippen LogP contribution in [0.3, 0.4) is 0 Å². The molecule has 3 aliphatic carbocycles. The second-order valence-electron chi connectivity index (χ2n) is 6.58. The number of carboxylic acid groups (broad SMARTS) is 1. The van der Waals surface area contributed by atoms with E-state index in [0.29, 0.717) is 12.3 Å². The van der Waals surface area contributed by atoms with E-state index < -0.39 is 11.4 Å². The second-order valence-corrected chi connectivity index (χ2v) is 6.58. The van der Waals surface area contributed by atoms with Crippen LogP contribution in [-0.2, 0) is 14.3 Å². The zero-order chi connectivity index (χ0) is 14.2. The lowest BCUT2D eigenvalue weighted by atomic mass is 9.73. The summed E-state index contributed by atoms with van der Waals surface area (Å²) in [7, 11) is 0. The topological polar surface area (TPSA) is 63.6 Å². The summed E-state index contributed by atoms with van der Waals surface area (Å²) in [6, 6.07) is 0. The lowest BCUT2D eigenvalue weighted by Gasteiger charge is -2.31. The van der Waals surface area contributed by atoms with E-state index in [2.05, 4.69) is 6.08 Å². The normalized spacial score (nSPS) is 36.2. The third-order valence-electron chi connectivity index (χ3n) is 5.24. The Labute approximate surface area is 119 Å². The van der Waals surface area contributed by atoms with Crippen molar-refractivity contribution < 1.29 is 19.4 Å². The highest BCUT2D eigenvalue weighted by atomic mass is 16.5. The summed E-state index contributed by atoms with van der Waals surface area (Å²) < 4.78 is 5.51. The predicted octanol–water partition coefficient (Wildman–Crippen LogP) is 2.92. The van der Waals surface area contributed by atoms with E-state index in [-0.39, 0.29) is 24.4 Å². The van der Waals surface area contributed by atoms with E-state index >= 15 is 0 Å². The first-order valence-corrected chi connectivity index (χ1v) is 7.71. The largest absolute Gasteiger partial charge is 0.481 e. The van der Waals surface area contributed by atoms with Gasteiger partial charge in [0.1, 0.15) is 6.10 Å². The van der Waals surface area contributed by atoms with Crippen molar-refractivity contribution in [1.82, 2.24) is 0 Å². The SMILES string of the molecule is O=C(CC1(C(=O)O)CC2C=CC1C2)OC1CCCCC1. The van der Waals surface area contributed by atoms with Gasteiger partial charge in [0.15, 0.2) is 0 Å². The maximum atomic E-state index is 12.1. The number of rotatable bonds is 4. The van der Waals surface area contributed by atoms with Gasteiger partial charge in [0, 0.05) is 0 Å². The highest BCUT2D eigenvalue weighted by molar-refractivity contribution is 5.83. The van der Waals surface area contributed by atoms with Crippen LogP contribution in [-0.4, -0.2) is 23.1 Å². The molecule has 3 rings (SSSR count). The van der Waals surface area contributed by atoms with Gasteiger partial charge in [-0.3, -0.25) is 9.59 Å². The Kier molecular flexibility index (Phi) is 3.57. The maximum Gasteiger partial charge on any atom is 0.310 e. The number of ether oxygens (including phenoxy) is 1. The van der Waals surface area contributed by atoms with Gasteiger partial charge >= 0.3 is 11.9 Å². The van der Waals surface area contributed by atoms with E-state index in [4.69, 9.17) is 4.74 Å². The van der Waals surface area contributed by atoms with Crippen LogP contribution in [0.1, 0.15) is 51.4 Å². The monoisotopic (exact) mass is 278 g/mol. The number of esters is 1. The van der Waals surface area contributed by atoms with Crippen molar-refractivity contribution >= 4 is 11.9 Å². The minimum atomic E-state index is -0.912. The van der Waals surface area contributed by atoms with Gasteiger partial charge in [0.2, 0.25) is 0 Å². The first-order chi connectivity index (χ1) is 9.60. The molecule has 2 saturated carbocycles. The van der Waals surface area contributed by atoms with Crippen LogP contribution in [0.25, 0.3) is 0 Å². The first kappa shape index (κ1) is 13.7. The number of carbonyl (C=O) groups excluding carboxylic acids is 1. The molecule has 1 N–H and O–H groups in total. The van der Waals surface area contributed by atoms with Crippen molar-refractivity contribution in [2.75, 3.05) is 0 Å². The molecule has 20 heavy (non-hydrogen) atoms. The van der Waals surface area contributed by atoms with E-state index in [9.17, 15) is 14.7 Å². The van der Waals surface area contributed by atoms with Gasteiger partial charge in [-0.1, -0.05) is 18.6 Å². The van der Waals surface area contributed by atoms with Gasteiger partial charge in [0.05, 0.1) is 11.8 Å². The molecule has 4 nitrogen and oxygen atoms in total. The molecule has 110 valence electrons. The van der Waals surface area contributed by atoms with Crippen molar-refractivity contribution in [2.24, 2.45) is 17.3 Å². The average molecular weight is 278 g/mol. The molecule has 3 atom stereocenters. The fraction of sp³-hybridized carbons (Fsp3) is 0.750. The summed E-state index contributed by atoms with van der Waals surface area (Å²) in [4.78, 5) is 23.8. The molecule has 3 unspecified atom stereocenters. The summed E-state index contributed by atoms with van der Waals surface area (Å²) in [6.45, 7) is 0. The zero-order valence-electron chi connectivity index (χ0n) is 11.7. The number of carbonyl (C=O) groups is 2. The third kappa shape index (κ3) is 2.36. The quantitative estimate of drug-likeness (QED) is 0.634. The van der Waals surface area contributed by atoms with E-state index in [1.54, 1.807) is 0 Å². The van der Waals surface area contributed by atoms with Crippen LogP contribution >= 0.6 is 0 Å². The molecular formula is C16H22O4. The number of hydrogen-bond donors (Lipinski definition) is 1. The van der Waals surface area contributed by atoms with Gasteiger partial charge in [-0.2, -0.15) is 0 Å². The number of carboxylic acids is 1. The smallest absolute Gasteiger partial charge is 0.310 e. The molecule has 0 aliphatic heterocycles.